The van der Waals surface area contributed by atoms with E-state index in [2.05, 4.69) is 13.8 Å². The van der Waals surface area contributed by atoms with E-state index in [-0.39, 0.29) is 17.5 Å². The van der Waals surface area contributed by atoms with Gasteiger partial charge in [-0.3, -0.25) is 4.79 Å². The number of phenolic OH excluding ortho intramolecular Hbond substituents is 1. The first-order valence-corrected chi connectivity index (χ1v) is 9.83. The summed E-state index contributed by atoms with van der Waals surface area (Å²) in [5.41, 5.74) is 2.24. The van der Waals surface area contributed by atoms with Crippen molar-refractivity contribution in [2.75, 3.05) is 0 Å². The number of ketones is 1. The Hall–Kier alpha value is -1.09. The third-order valence-electron chi connectivity index (χ3n) is 4.22. The van der Waals surface area contributed by atoms with Crippen molar-refractivity contribution in [2.45, 2.75) is 26.2 Å². The average Bonchev–Trinajstić information content (AvgIpc) is 2.97. The lowest BCUT2D eigenvalue weighted by atomic mass is 9.93. The van der Waals surface area contributed by atoms with Crippen LogP contribution in [0.2, 0.25) is 0 Å². The molecule has 0 spiro atoms. The van der Waals surface area contributed by atoms with Crippen molar-refractivity contribution in [2.24, 2.45) is 0 Å². The summed E-state index contributed by atoms with van der Waals surface area (Å²) in [4.78, 5) is 13.1. The fourth-order valence-electron chi connectivity index (χ4n) is 2.76. The molecule has 5 heteroatoms. The van der Waals surface area contributed by atoms with Gasteiger partial charge in [0.1, 0.15) is 11.3 Å². The van der Waals surface area contributed by atoms with Gasteiger partial charge in [0.05, 0.1) is 7.14 Å². The molecule has 3 rings (SSSR count). The maximum absolute atomic E-state index is 13.1. The monoisotopic (exact) mass is 546 g/mol. The molecule has 0 amide bonds. The Labute approximate surface area is 167 Å². The van der Waals surface area contributed by atoms with Crippen LogP contribution in [0.15, 0.2) is 40.8 Å². The quantitative estimate of drug-likeness (QED) is 0.319. The molecule has 0 bridgehead atoms. The summed E-state index contributed by atoms with van der Waals surface area (Å²) in [7, 11) is 0. The average molecular weight is 546 g/mol. The Morgan fingerprint density at radius 3 is 2.46 bits per heavy atom. The number of benzene rings is 2. The zero-order valence-corrected chi connectivity index (χ0v) is 17.6. The van der Waals surface area contributed by atoms with E-state index in [1.807, 2.05) is 69.4 Å². The molecule has 0 radical (unpaired) electrons. The van der Waals surface area contributed by atoms with Gasteiger partial charge in [-0.1, -0.05) is 32.0 Å². The zero-order chi connectivity index (χ0) is 17.4. The first-order valence-electron chi connectivity index (χ1n) is 7.68. The molecule has 0 unspecified atom stereocenters. The van der Waals surface area contributed by atoms with Crippen LogP contribution in [0, 0.1) is 7.14 Å². The number of aromatic hydroxyl groups is 1. The third-order valence-corrected chi connectivity index (χ3v) is 5.87. The Bertz CT molecular complexity index is 905. The van der Waals surface area contributed by atoms with Gasteiger partial charge in [-0.2, -0.15) is 0 Å². The Morgan fingerprint density at radius 1 is 1.21 bits per heavy atom. The van der Waals surface area contributed by atoms with Crippen molar-refractivity contribution in [1.29, 1.82) is 0 Å². The number of furan rings is 1. The van der Waals surface area contributed by atoms with Crippen LogP contribution in [-0.2, 0) is 0 Å². The number of carbonyl (C=O) groups excluding carboxylic acids is 1. The second-order valence-corrected chi connectivity index (χ2v) is 8.09. The van der Waals surface area contributed by atoms with Crippen LogP contribution in [-0.4, -0.2) is 10.9 Å². The first kappa shape index (κ1) is 17.7. The SMILES string of the molecule is CC[C@H](C)c1c(C(=O)c2cc(I)c(O)c(I)c2)oc2ccccc12. The highest BCUT2D eigenvalue weighted by Gasteiger charge is 2.25. The molecular weight excluding hydrogens is 530 g/mol. The summed E-state index contributed by atoms with van der Waals surface area (Å²) in [6.45, 7) is 4.21. The standard InChI is InChI=1S/C19H16I2O3/c1-3-10(2)16-12-6-4-5-7-15(12)24-19(16)17(22)11-8-13(20)18(23)14(21)9-11/h4-10,23H,3H2,1-2H3/t10-/m0/s1. The highest BCUT2D eigenvalue weighted by Crippen LogP contribution is 2.36. The normalized spacial score (nSPS) is 12.5. The van der Waals surface area contributed by atoms with Gasteiger partial charge in [0.15, 0.2) is 5.76 Å². The van der Waals surface area contributed by atoms with Crippen LogP contribution >= 0.6 is 45.2 Å². The lowest BCUT2D eigenvalue weighted by molar-refractivity contribution is 0.101. The maximum Gasteiger partial charge on any atom is 0.228 e. The van der Waals surface area contributed by atoms with E-state index >= 15 is 0 Å². The Kier molecular flexibility index (Phi) is 5.19. The van der Waals surface area contributed by atoms with Crippen LogP contribution in [0.5, 0.6) is 5.75 Å². The molecule has 3 aromatic rings. The topological polar surface area (TPSA) is 50.4 Å². The van der Waals surface area contributed by atoms with Crippen LogP contribution in [0.4, 0.5) is 0 Å². The predicted molar refractivity (Wildman–Crippen MR) is 112 cm³/mol. The van der Waals surface area contributed by atoms with Crippen molar-refractivity contribution in [3.8, 4) is 5.75 Å². The largest absolute Gasteiger partial charge is 0.506 e. The van der Waals surface area contributed by atoms with E-state index in [1.54, 1.807) is 12.1 Å². The molecule has 2 aromatic carbocycles. The van der Waals surface area contributed by atoms with E-state index in [4.69, 9.17) is 4.42 Å². The summed E-state index contributed by atoms with van der Waals surface area (Å²) in [6.07, 6.45) is 0.925. The number of carbonyl (C=O) groups is 1. The zero-order valence-electron chi connectivity index (χ0n) is 13.3. The minimum atomic E-state index is -0.141. The molecule has 0 saturated heterocycles. The summed E-state index contributed by atoms with van der Waals surface area (Å²) < 4.78 is 7.24. The highest BCUT2D eigenvalue weighted by molar-refractivity contribution is 14.1. The maximum atomic E-state index is 13.1. The minimum Gasteiger partial charge on any atom is -0.506 e. The van der Waals surface area contributed by atoms with Crippen molar-refractivity contribution in [3.05, 3.63) is 60.4 Å². The number of hydrogen-bond acceptors (Lipinski definition) is 3. The van der Waals surface area contributed by atoms with Crippen molar-refractivity contribution < 1.29 is 14.3 Å². The van der Waals surface area contributed by atoms with Gasteiger partial charge < -0.3 is 9.52 Å². The van der Waals surface area contributed by atoms with Gasteiger partial charge >= 0.3 is 0 Å². The van der Waals surface area contributed by atoms with Crippen molar-refractivity contribution in [3.63, 3.8) is 0 Å². The number of phenols is 1. The van der Waals surface area contributed by atoms with Crippen LogP contribution < -0.4 is 0 Å². The van der Waals surface area contributed by atoms with E-state index < -0.39 is 0 Å². The van der Waals surface area contributed by atoms with Crippen molar-refractivity contribution in [1.82, 2.24) is 0 Å². The number of para-hydroxylation sites is 1. The van der Waals surface area contributed by atoms with Crippen LogP contribution in [0.3, 0.4) is 0 Å². The second kappa shape index (κ2) is 7.03. The summed E-state index contributed by atoms with van der Waals surface area (Å²) in [5, 5.41) is 10.9. The molecule has 0 aliphatic rings. The molecule has 0 aliphatic heterocycles. The smallest absolute Gasteiger partial charge is 0.228 e. The summed E-state index contributed by atoms with van der Waals surface area (Å²) >= 11 is 4.07. The molecule has 124 valence electrons. The molecular formula is C19H16I2O3. The lowest BCUT2D eigenvalue weighted by Gasteiger charge is -2.10. The second-order valence-electron chi connectivity index (χ2n) is 5.77. The molecule has 0 aliphatic carbocycles. The summed E-state index contributed by atoms with van der Waals surface area (Å²) in [5.74, 6) is 0.697. The molecule has 1 heterocycles. The third kappa shape index (κ3) is 3.08. The molecule has 0 fully saturated rings. The van der Waals surface area contributed by atoms with Gasteiger partial charge in [-0.25, -0.2) is 0 Å². The van der Waals surface area contributed by atoms with E-state index in [0.29, 0.717) is 18.5 Å². The molecule has 0 saturated carbocycles. The van der Waals surface area contributed by atoms with Crippen LogP contribution in [0.1, 0.15) is 47.9 Å². The van der Waals surface area contributed by atoms with Crippen LogP contribution in [0.25, 0.3) is 11.0 Å². The number of fused-ring (bicyclic) bond motifs is 1. The lowest BCUT2D eigenvalue weighted by Crippen LogP contribution is -2.06. The van der Waals surface area contributed by atoms with E-state index in [1.165, 1.54) is 0 Å². The minimum absolute atomic E-state index is 0.141. The van der Waals surface area contributed by atoms with Gasteiger partial charge in [-0.15, -0.1) is 0 Å². The van der Waals surface area contributed by atoms with E-state index in [0.717, 1.165) is 23.0 Å². The molecule has 3 nitrogen and oxygen atoms in total. The van der Waals surface area contributed by atoms with E-state index in [9.17, 15) is 9.90 Å². The van der Waals surface area contributed by atoms with Gasteiger partial charge in [-0.05, 0) is 75.7 Å². The number of rotatable bonds is 4. The molecule has 1 N–H and O–H groups in total. The predicted octanol–water partition coefficient (Wildman–Crippen LogP) is 6.09. The fourth-order valence-corrected chi connectivity index (χ4v) is 4.52. The van der Waals surface area contributed by atoms with Gasteiger partial charge in [0, 0.05) is 16.5 Å². The van der Waals surface area contributed by atoms with Gasteiger partial charge in [0.2, 0.25) is 5.78 Å². The summed E-state index contributed by atoms with van der Waals surface area (Å²) in [6, 6.07) is 11.2. The molecule has 24 heavy (non-hydrogen) atoms. The molecule has 1 atom stereocenters. The van der Waals surface area contributed by atoms with Crippen molar-refractivity contribution >= 4 is 61.9 Å². The first-order chi connectivity index (χ1) is 11.4. The Morgan fingerprint density at radius 2 is 1.83 bits per heavy atom. The number of hydrogen-bond donors (Lipinski definition) is 1. The molecule has 1 aromatic heterocycles. The highest BCUT2D eigenvalue weighted by atomic mass is 127. The fraction of sp³-hybridized carbons (Fsp3) is 0.211. The van der Waals surface area contributed by atoms with Gasteiger partial charge in [0.25, 0.3) is 0 Å². The Balaban J connectivity index is 2.20. The number of halogens is 2.